The minimum absolute atomic E-state index is 0.0373. The Morgan fingerprint density at radius 2 is 1.75 bits per heavy atom. The molecule has 1 rings (SSSR count). The summed E-state index contributed by atoms with van der Waals surface area (Å²) in [7, 11) is -4.51. The third kappa shape index (κ3) is 4.15. The van der Waals surface area contributed by atoms with Gasteiger partial charge in [-0.15, -0.1) is 0 Å². The van der Waals surface area contributed by atoms with Crippen LogP contribution in [0.3, 0.4) is 0 Å². The molecular formula is C10H18N4O4S2. The van der Waals surface area contributed by atoms with Crippen molar-refractivity contribution in [2.75, 3.05) is 31.8 Å². The summed E-state index contributed by atoms with van der Waals surface area (Å²) >= 11 is 0. The summed E-state index contributed by atoms with van der Waals surface area (Å²) < 4.78 is 50.4. The average molecular weight is 322 g/mol. The van der Waals surface area contributed by atoms with E-state index in [2.05, 4.69) is 10.1 Å². The van der Waals surface area contributed by atoms with Gasteiger partial charge in [-0.2, -0.15) is 0 Å². The number of nitrogens with zero attached hydrogens (tertiary/aromatic N) is 1. The molecule has 0 aliphatic rings. The second-order valence-corrected chi connectivity index (χ2v) is 8.17. The van der Waals surface area contributed by atoms with Crippen LogP contribution in [0.1, 0.15) is 0 Å². The van der Waals surface area contributed by atoms with E-state index in [-0.39, 0.29) is 22.9 Å². The third-order valence-corrected chi connectivity index (χ3v) is 5.89. The molecule has 0 aliphatic heterocycles. The van der Waals surface area contributed by atoms with E-state index in [0.29, 0.717) is 0 Å². The number of hydrogen-bond acceptors (Lipinski definition) is 6. The zero-order chi connectivity index (χ0) is 15.4. The highest BCUT2D eigenvalue weighted by Gasteiger charge is 2.19. The van der Waals surface area contributed by atoms with Gasteiger partial charge in [-0.25, -0.2) is 25.9 Å². The summed E-state index contributed by atoms with van der Waals surface area (Å²) in [6, 6.07) is 6.06. The van der Waals surface area contributed by atoms with Crippen molar-refractivity contribution in [3.05, 3.63) is 24.3 Å². The predicted octanol–water partition coefficient (Wildman–Crippen LogP) is -0.858. The highest BCUT2D eigenvalue weighted by Crippen LogP contribution is 2.19. The fourth-order valence-corrected chi connectivity index (χ4v) is 3.44. The summed E-state index contributed by atoms with van der Waals surface area (Å²) in [5.41, 5.74) is 2.51. The molecule has 0 aromatic heterocycles. The van der Waals surface area contributed by atoms with E-state index in [1.165, 1.54) is 26.2 Å². The maximum Gasteiger partial charge on any atom is 0.242 e. The van der Waals surface area contributed by atoms with Crippen LogP contribution in [0.25, 0.3) is 0 Å². The van der Waals surface area contributed by atoms with Crippen molar-refractivity contribution in [1.29, 1.82) is 0 Å². The minimum atomic E-state index is -3.83. The lowest BCUT2D eigenvalue weighted by molar-refractivity contribution is 0.519. The van der Waals surface area contributed by atoms with Gasteiger partial charge < -0.3 is 5.43 Å². The number of para-hydroxylation sites is 1. The number of nitrogen functional groups attached to an aromatic ring is 1. The number of sulfonamides is 2. The van der Waals surface area contributed by atoms with E-state index in [4.69, 9.17) is 5.84 Å². The lowest BCUT2D eigenvalue weighted by atomic mass is 10.3. The van der Waals surface area contributed by atoms with Crippen LogP contribution >= 0.6 is 0 Å². The highest BCUT2D eigenvalue weighted by atomic mass is 32.2. The first-order valence-electron chi connectivity index (χ1n) is 5.66. The second kappa shape index (κ2) is 6.50. The SMILES string of the molecule is CN(C)S(=O)(=O)CCNS(=O)(=O)c1ccccc1NN. The summed E-state index contributed by atoms with van der Waals surface area (Å²) in [5.74, 6) is 4.92. The van der Waals surface area contributed by atoms with Crippen LogP contribution in [0.4, 0.5) is 5.69 Å². The van der Waals surface area contributed by atoms with Crippen LogP contribution < -0.4 is 16.0 Å². The largest absolute Gasteiger partial charge is 0.323 e. The van der Waals surface area contributed by atoms with Gasteiger partial charge in [0.15, 0.2) is 0 Å². The fraction of sp³-hybridized carbons (Fsp3) is 0.400. The molecule has 0 radical (unpaired) electrons. The van der Waals surface area contributed by atoms with Crippen molar-refractivity contribution in [3.63, 3.8) is 0 Å². The molecule has 0 saturated heterocycles. The smallest absolute Gasteiger partial charge is 0.242 e. The molecule has 4 N–H and O–H groups in total. The van der Waals surface area contributed by atoms with E-state index < -0.39 is 20.0 Å². The average Bonchev–Trinajstić information content (AvgIpc) is 2.38. The van der Waals surface area contributed by atoms with E-state index in [1.54, 1.807) is 12.1 Å². The highest BCUT2D eigenvalue weighted by molar-refractivity contribution is 7.90. The van der Waals surface area contributed by atoms with Crippen molar-refractivity contribution in [2.24, 2.45) is 5.84 Å². The van der Waals surface area contributed by atoms with Crippen LogP contribution in [-0.4, -0.2) is 47.5 Å². The Bertz CT molecular complexity index is 656. The van der Waals surface area contributed by atoms with Gasteiger partial charge in [-0.1, -0.05) is 12.1 Å². The monoisotopic (exact) mass is 322 g/mol. The van der Waals surface area contributed by atoms with Crippen LogP contribution in [0.5, 0.6) is 0 Å². The van der Waals surface area contributed by atoms with Gasteiger partial charge in [0.25, 0.3) is 0 Å². The number of hydrazine groups is 1. The van der Waals surface area contributed by atoms with E-state index in [1.807, 2.05) is 0 Å². The lowest BCUT2D eigenvalue weighted by Crippen LogP contribution is -2.34. The molecule has 20 heavy (non-hydrogen) atoms. The molecule has 1 aromatic rings. The Morgan fingerprint density at radius 3 is 2.30 bits per heavy atom. The summed E-state index contributed by atoms with van der Waals surface area (Å²) in [6.07, 6.45) is 0. The number of rotatable bonds is 7. The Kier molecular flexibility index (Phi) is 5.48. The normalized spacial score (nSPS) is 12.6. The Hall–Kier alpha value is -1.20. The second-order valence-electron chi connectivity index (χ2n) is 4.14. The zero-order valence-electron chi connectivity index (χ0n) is 11.2. The number of nitrogens with one attached hydrogen (secondary N) is 2. The van der Waals surface area contributed by atoms with Crippen LogP contribution in [0.2, 0.25) is 0 Å². The summed E-state index contributed by atoms with van der Waals surface area (Å²) in [6.45, 7) is -0.220. The first-order valence-corrected chi connectivity index (χ1v) is 8.75. The molecule has 114 valence electrons. The van der Waals surface area contributed by atoms with Crippen LogP contribution in [0, 0.1) is 0 Å². The van der Waals surface area contributed by atoms with Gasteiger partial charge in [-0.05, 0) is 12.1 Å². The molecule has 10 heteroatoms. The number of hydrogen-bond donors (Lipinski definition) is 3. The molecule has 8 nitrogen and oxygen atoms in total. The molecule has 0 atom stereocenters. The Morgan fingerprint density at radius 1 is 1.15 bits per heavy atom. The first-order chi connectivity index (χ1) is 9.20. The molecule has 0 fully saturated rings. The van der Waals surface area contributed by atoms with Crippen LogP contribution in [-0.2, 0) is 20.0 Å². The first kappa shape index (κ1) is 16.9. The van der Waals surface area contributed by atoms with E-state index in [0.717, 1.165) is 4.31 Å². The number of benzene rings is 1. The zero-order valence-corrected chi connectivity index (χ0v) is 12.8. The van der Waals surface area contributed by atoms with Gasteiger partial charge in [0, 0.05) is 20.6 Å². The van der Waals surface area contributed by atoms with Crippen molar-refractivity contribution in [3.8, 4) is 0 Å². The maximum atomic E-state index is 12.1. The molecular weight excluding hydrogens is 304 g/mol. The van der Waals surface area contributed by atoms with Gasteiger partial charge in [0.05, 0.1) is 11.4 Å². The van der Waals surface area contributed by atoms with Gasteiger partial charge >= 0.3 is 0 Å². The molecule has 1 aromatic carbocycles. The maximum absolute atomic E-state index is 12.1. The quantitative estimate of drug-likeness (QED) is 0.444. The molecule has 0 saturated carbocycles. The summed E-state index contributed by atoms with van der Waals surface area (Å²) in [4.78, 5) is -0.0373. The lowest BCUT2D eigenvalue weighted by Gasteiger charge is -2.13. The predicted molar refractivity (Wildman–Crippen MR) is 76.9 cm³/mol. The van der Waals surface area contributed by atoms with Gasteiger partial charge in [-0.3, -0.25) is 5.84 Å². The fourth-order valence-electron chi connectivity index (χ4n) is 1.39. The third-order valence-electron chi connectivity index (χ3n) is 2.54. The Labute approximate surface area is 119 Å². The number of nitrogens with two attached hydrogens (primary N) is 1. The van der Waals surface area contributed by atoms with Gasteiger partial charge in [0.1, 0.15) is 4.90 Å². The topological polar surface area (TPSA) is 122 Å². The van der Waals surface area contributed by atoms with E-state index in [9.17, 15) is 16.8 Å². The standard InChI is InChI=1S/C10H18N4O4S2/c1-14(2)19(15,16)8-7-12-20(17,18)10-6-4-3-5-9(10)13-11/h3-6,12-13H,7-8,11H2,1-2H3. The molecule has 0 amide bonds. The van der Waals surface area contributed by atoms with Crippen molar-refractivity contribution in [2.45, 2.75) is 4.90 Å². The number of anilines is 1. The van der Waals surface area contributed by atoms with Gasteiger partial charge in [0.2, 0.25) is 20.0 Å². The van der Waals surface area contributed by atoms with Crippen molar-refractivity contribution >= 4 is 25.7 Å². The van der Waals surface area contributed by atoms with Crippen molar-refractivity contribution in [1.82, 2.24) is 9.03 Å². The Balaban J connectivity index is 2.82. The molecule has 0 unspecified atom stereocenters. The minimum Gasteiger partial charge on any atom is -0.323 e. The summed E-state index contributed by atoms with van der Waals surface area (Å²) in [5, 5.41) is 0. The molecule has 0 heterocycles. The van der Waals surface area contributed by atoms with E-state index >= 15 is 0 Å². The van der Waals surface area contributed by atoms with Crippen LogP contribution in [0.15, 0.2) is 29.2 Å². The molecule has 0 aliphatic carbocycles. The van der Waals surface area contributed by atoms with Crippen molar-refractivity contribution < 1.29 is 16.8 Å². The molecule has 0 spiro atoms. The molecule has 0 bridgehead atoms.